The van der Waals surface area contributed by atoms with Crippen LogP contribution < -0.4 is 5.32 Å². The fourth-order valence-corrected chi connectivity index (χ4v) is 3.20. The average Bonchev–Trinajstić information content (AvgIpc) is 3.10. The number of carbonyl (C=O) groups excluding carboxylic acids is 2. The van der Waals surface area contributed by atoms with E-state index in [0.717, 1.165) is 10.0 Å². The van der Waals surface area contributed by atoms with Crippen molar-refractivity contribution in [1.29, 1.82) is 0 Å². The van der Waals surface area contributed by atoms with Crippen LogP contribution in [0.2, 0.25) is 0 Å². The fraction of sp³-hybridized carbons (Fsp3) is 0.294. The van der Waals surface area contributed by atoms with Crippen molar-refractivity contribution in [3.63, 3.8) is 0 Å². The molecule has 1 aromatic heterocycles. The van der Waals surface area contributed by atoms with E-state index in [4.69, 9.17) is 4.74 Å². The van der Waals surface area contributed by atoms with Crippen LogP contribution in [0, 0.1) is 0 Å². The summed E-state index contributed by atoms with van der Waals surface area (Å²) in [5, 5.41) is 2.78. The second-order valence-corrected chi connectivity index (χ2v) is 6.41. The lowest BCUT2D eigenvalue weighted by atomic mass is 10.1. The smallest absolute Gasteiger partial charge is 0.354 e. The summed E-state index contributed by atoms with van der Waals surface area (Å²) >= 11 is 3.52. The number of nitrogens with zero attached hydrogens (tertiary/aromatic N) is 1. The molecule has 1 aromatic carbocycles. The molecule has 0 aliphatic carbocycles. The Morgan fingerprint density at radius 2 is 2.20 bits per heavy atom. The van der Waals surface area contributed by atoms with Gasteiger partial charge in [-0.05, 0) is 17.7 Å². The van der Waals surface area contributed by atoms with Crippen molar-refractivity contribution < 1.29 is 19.1 Å². The third kappa shape index (κ3) is 4.02. The van der Waals surface area contributed by atoms with Gasteiger partial charge < -0.3 is 24.7 Å². The van der Waals surface area contributed by atoms with Crippen LogP contribution >= 0.6 is 15.9 Å². The number of esters is 1. The third-order valence-corrected chi connectivity index (χ3v) is 4.67. The van der Waals surface area contributed by atoms with Gasteiger partial charge in [-0.15, -0.1) is 0 Å². The predicted octanol–water partition coefficient (Wildman–Crippen LogP) is 3.17. The number of halogens is 1. The van der Waals surface area contributed by atoms with E-state index >= 15 is 0 Å². The molecule has 0 saturated carbocycles. The standard InChI is InChI=1S/C17H18BrN3O4/c1-24-16(22)14-8-11(9-19-14)20-17(23)21-6-7-25-15(10-21)12-4-2-3-5-13(12)18/h2-5,8-9,15,19H,6-7,10H2,1H3,(H,20,23). The summed E-state index contributed by atoms with van der Waals surface area (Å²) < 4.78 is 11.4. The molecule has 7 nitrogen and oxygen atoms in total. The maximum Gasteiger partial charge on any atom is 0.354 e. The van der Waals surface area contributed by atoms with Gasteiger partial charge in [0.05, 0.1) is 25.9 Å². The number of morpholine rings is 1. The van der Waals surface area contributed by atoms with E-state index in [0.29, 0.717) is 25.4 Å². The van der Waals surface area contributed by atoms with Crippen molar-refractivity contribution in [2.45, 2.75) is 6.10 Å². The maximum atomic E-state index is 12.5. The lowest BCUT2D eigenvalue weighted by molar-refractivity contribution is -0.0138. The topological polar surface area (TPSA) is 83.7 Å². The predicted molar refractivity (Wildman–Crippen MR) is 95.6 cm³/mol. The second-order valence-electron chi connectivity index (χ2n) is 5.55. The highest BCUT2D eigenvalue weighted by Crippen LogP contribution is 2.28. The van der Waals surface area contributed by atoms with E-state index in [1.807, 2.05) is 24.3 Å². The minimum absolute atomic E-state index is 0.188. The molecule has 2 N–H and O–H groups in total. The number of anilines is 1. The van der Waals surface area contributed by atoms with Crippen LogP contribution in [0.5, 0.6) is 0 Å². The number of benzene rings is 1. The first-order chi connectivity index (χ1) is 12.1. The largest absolute Gasteiger partial charge is 0.464 e. The van der Waals surface area contributed by atoms with Gasteiger partial charge in [-0.25, -0.2) is 9.59 Å². The van der Waals surface area contributed by atoms with Crippen molar-refractivity contribution >= 4 is 33.6 Å². The molecular weight excluding hydrogens is 390 g/mol. The summed E-state index contributed by atoms with van der Waals surface area (Å²) in [4.78, 5) is 28.4. The van der Waals surface area contributed by atoms with Crippen molar-refractivity contribution in [3.05, 3.63) is 52.3 Å². The minimum Gasteiger partial charge on any atom is -0.464 e. The molecule has 1 atom stereocenters. The van der Waals surface area contributed by atoms with Crippen LogP contribution in [0.25, 0.3) is 0 Å². The number of urea groups is 1. The van der Waals surface area contributed by atoms with E-state index < -0.39 is 5.97 Å². The molecule has 1 saturated heterocycles. The summed E-state index contributed by atoms with van der Waals surface area (Å²) in [6.07, 6.45) is 1.36. The van der Waals surface area contributed by atoms with Crippen molar-refractivity contribution in [2.75, 3.05) is 32.1 Å². The van der Waals surface area contributed by atoms with Crippen LogP contribution in [-0.4, -0.2) is 48.7 Å². The maximum absolute atomic E-state index is 12.5. The number of hydrogen-bond acceptors (Lipinski definition) is 4. The number of nitrogens with one attached hydrogen (secondary N) is 2. The summed E-state index contributed by atoms with van der Waals surface area (Å²) in [6.45, 7) is 1.41. The Bertz CT molecular complexity index is 777. The number of H-pyrrole nitrogens is 1. The molecule has 1 fully saturated rings. The molecule has 1 aliphatic heterocycles. The lowest BCUT2D eigenvalue weighted by Crippen LogP contribution is -2.44. The molecule has 0 bridgehead atoms. The van der Waals surface area contributed by atoms with Gasteiger partial charge in [0.1, 0.15) is 11.8 Å². The minimum atomic E-state index is -0.485. The molecule has 1 unspecified atom stereocenters. The lowest BCUT2D eigenvalue weighted by Gasteiger charge is -2.33. The number of methoxy groups -OCH3 is 1. The van der Waals surface area contributed by atoms with E-state index in [2.05, 4.69) is 31.0 Å². The number of carbonyl (C=O) groups is 2. The van der Waals surface area contributed by atoms with Crippen LogP contribution in [0.4, 0.5) is 10.5 Å². The van der Waals surface area contributed by atoms with E-state index in [1.54, 1.807) is 11.1 Å². The Balaban J connectivity index is 1.65. The van der Waals surface area contributed by atoms with Gasteiger partial charge in [-0.2, -0.15) is 0 Å². The van der Waals surface area contributed by atoms with Crippen LogP contribution in [-0.2, 0) is 9.47 Å². The number of aromatic amines is 1. The normalized spacial score (nSPS) is 17.2. The highest BCUT2D eigenvalue weighted by atomic mass is 79.9. The molecule has 8 heteroatoms. The Morgan fingerprint density at radius 3 is 2.96 bits per heavy atom. The number of rotatable bonds is 3. The third-order valence-electron chi connectivity index (χ3n) is 3.95. The van der Waals surface area contributed by atoms with Gasteiger partial charge in [-0.1, -0.05) is 34.1 Å². The molecule has 25 heavy (non-hydrogen) atoms. The molecule has 2 amide bonds. The molecule has 3 rings (SSSR count). The molecule has 132 valence electrons. The Morgan fingerprint density at radius 1 is 1.40 bits per heavy atom. The first-order valence-electron chi connectivity index (χ1n) is 7.77. The van der Waals surface area contributed by atoms with E-state index in [9.17, 15) is 9.59 Å². The second kappa shape index (κ2) is 7.71. The Labute approximate surface area is 153 Å². The van der Waals surface area contributed by atoms with Crippen molar-refractivity contribution in [2.24, 2.45) is 0 Å². The highest BCUT2D eigenvalue weighted by molar-refractivity contribution is 9.10. The fourth-order valence-electron chi connectivity index (χ4n) is 2.65. The van der Waals surface area contributed by atoms with Crippen LogP contribution in [0.3, 0.4) is 0 Å². The zero-order valence-corrected chi connectivity index (χ0v) is 15.2. The van der Waals surface area contributed by atoms with Gasteiger partial charge in [0.2, 0.25) is 0 Å². The van der Waals surface area contributed by atoms with Crippen molar-refractivity contribution in [3.8, 4) is 0 Å². The zero-order valence-electron chi connectivity index (χ0n) is 13.6. The van der Waals surface area contributed by atoms with Crippen LogP contribution in [0.1, 0.15) is 22.2 Å². The molecule has 0 spiro atoms. The first-order valence-corrected chi connectivity index (χ1v) is 8.56. The molecule has 1 aliphatic rings. The van der Waals surface area contributed by atoms with Gasteiger partial charge in [0.15, 0.2) is 0 Å². The molecule has 2 aromatic rings. The summed E-state index contributed by atoms with van der Waals surface area (Å²) in [6, 6.07) is 9.10. The SMILES string of the molecule is COC(=O)c1cc(NC(=O)N2CCOC(c3ccccc3Br)C2)c[nH]1. The molecular formula is C17H18BrN3O4. The highest BCUT2D eigenvalue weighted by Gasteiger charge is 2.26. The Kier molecular flexibility index (Phi) is 5.40. The van der Waals surface area contributed by atoms with Gasteiger partial charge in [0.25, 0.3) is 0 Å². The zero-order chi connectivity index (χ0) is 17.8. The summed E-state index contributed by atoms with van der Waals surface area (Å²) in [5.41, 5.74) is 1.80. The summed E-state index contributed by atoms with van der Waals surface area (Å²) in [5.74, 6) is -0.485. The molecule has 2 heterocycles. The average molecular weight is 408 g/mol. The Hall–Kier alpha value is -2.32. The van der Waals surface area contributed by atoms with Gasteiger partial charge in [-0.3, -0.25) is 0 Å². The van der Waals surface area contributed by atoms with Crippen LogP contribution in [0.15, 0.2) is 41.0 Å². The number of ether oxygens (including phenoxy) is 2. The number of aromatic nitrogens is 1. The van der Waals surface area contributed by atoms with Crippen molar-refractivity contribution in [1.82, 2.24) is 9.88 Å². The quantitative estimate of drug-likeness (QED) is 0.765. The molecule has 0 radical (unpaired) electrons. The van der Waals surface area contributed by atoms with Gasteiger partial charge in [0, 0.05) is 17.2 Å². The first kappa shape index (κ1) is 17.5. The van der Waals surface area contributed by atoms with E-state index in [-0.39, 0.29) is 17.8 Å². The monoisotopic (exact) mass is 407 g/mol. The number of hydrogen-bond donors (Lipinski definition) is 2. The number of amides is 2. The van der Waals surface area contributed by atoms with E-state index in [1.165, 1.54) is 13.2 Å². The van der Waals surface area contributed by atoms with Gasteiger partial charge >= 0.3 is 12.0 Å². The summed E-state index contributed by atoms with van der Waals surface area (Å²) in [7, 11) is 1.30.